The molecule has 128 valence electrons. The number of hydrogen-bond acceptors (Lipinski definition) is 5. The zero-order valence-corrected chi connectivity index (χ0v) is 13.9. The molecule has 7 nitrogen and oxygen atoms in total. The van der Waals surface area contributed by atoms with E-state index in [-0.39, 0.29) is 18.5 Å². The predicted octanol–water partition coefficient (Wildman–Crippen LogP) is 0.778. The molecule has 1 aliphatic carbocycles. The van der Waals surface area contributed by atoms with Crippen LogP contribution in [0.5, 0.6) is 0 Å². The van der Waals surface area contributed by atoms with E-state index in [1.165, 1.54) is 0 Å². The Morgan fingerprint density at radius 3 is 2.57 bits per heavy atom. The predicted molar refractivity (Wildman–Crippen MR) is 79.9 cm³/mol. The number of hydrogen-bond donors (Lipinski definition) is 1. The van der Waals surface area contributed by atoms with Crippen molar-refractivity contribution in [2.45, 2.75) is 52.1 Å². The molecule has 0 aromatic carbocycles. The van der Waals surface area contributed by atoms with Gasteiger partial charge in [-0.3, -0.25) is 19.2 Å². The third-order valence-electron chi connectivity index (χ3n) is 6.25. The molecule has 2 saturated heterocycles. The molecule has 7 heteroatoms. The van der Waals surface area contributed by atoms with Crippen molar-refractivity contribution in [1.82, 2.24) is 10.4 Å². The zero-order chi connectivity index (χ0) is 16.9. The van der Waals surface area contributed by atoms with Crippen LogP contribution in [0, 0.1) is 10.8 Å². The average Bonchev–Trinajstić information content (AvgIpc) is 3.03. The molecule has 2 amide bonds. The van der Waals surface area contributed by atoms with Crippen LogP contribution < -0.4 is 5.48 Å². The second-order valence-corrected chi connectivity index (χ2v) is 7.44. The van der Waals surface area contributed by atoms with Crippen LogP contribution in [0.2, 0.25) is 0 Å². The molecule has 0 radical (unpaired) electrons. The van der Waals surface area contributed by atoms with E-state index in [4.69, 9.17) is 9.57 Å². The van der Waals surface area contributed by atoms with Gasteiger partial charge in [0.2, 0.25) is 5.91 Å². The SMILES string of the molecule is CC1(C)[C@@]2(C)CC[C@]1(C(=O)NOCCN1CCCC1=O)OC2=O. The van der Waals surface area contributed by atoms with E-state index in [9.17, 15) is 14.4 Å². The van der Waals surface area contributed by atoms with Gasteiger partial charge in [-0.25, -0.2) is 5.48 Å². The van der Waals surface area contributed by atoms with Crippen LogP contribution in [0.15, 0.2) is 0 Å². The summed E-state index contributed by atoms with van der Waals surface area (Å²) in [7, 11) is 0. The number of carbonyl (C=O) groups excluding carboxylic acids is 3. The van der Waals surface area contributed by atoms with Crippen molar-refractivity contribution >= 4 is 17.8 Å². The Morgan fingerprint density at radius 2 is 2.04 bits per heavy atom. The minimum absolute atomic E-state index is 0.121. The Kier molecular flexibility index (Phi) is 3.66. The lowest BCUT2D eigenvalue weighted by Gasteiger charge is -2.35. The molecule has 0 aromatic rings. The maximum atomic E-state index is 12.6. The van der Waals surface area contributed by atoms with Gasteiger partial charge in [-0.15, -0.1) is 0 Å². The highest BCUT2D eigenvalue weighted by atomic mass is 16.7. The van der Waals surface area contributed by atoms with Gasteiger partial charge in [0.15, 0.2) is 5.60 Å². The first kappa shape index (κ1) is 16.2. The maximum Gasteiger partial charge on any atom is 0.313 e. The summed E-state index contributed by atoms with van der Waals surface area (Å²) in [6, 6.07) is 0. The number of hydroxylamine groups is 1. The van der Waals surface area contributed by atoms with Crippen molar-refractivity contribution < 1.29 is 24.0 Å². The first-order valence-corrected chi connectivity index (χ1v) is 8.18. The smallest absolute Gasteiger partial charge is 0.313 e. The minimum atomic E-state index is -1.16. The molecular weight excluding hydrogens is 300 g/mol. The van der Waals surface area contributed by atoms with E-state index in [0.717, 1.165) is 13.0 Å². The highest BCUT2D eigenvalue weighted by Gasteiger charge is 2.75. The van der Waals surface area contributed by atoms with Crippen LogP contribution in [0.3, 0.4) is 0 Å². The molecule has 0 spiro atoms. The van der Waals surface area contributed by atoms with Crippen molar-refractivity contribution in [3.8, 4) is 0 Å². The van der Waals surface area contributed by atoms with Crippen molar-refractivity contribution in [3.63, 3.8) is 0 Å². The van der Waals surface area contributed by atoms with E-state index in [2.05, 4.69) is 5.48 Å². The molecular formula is C16H24N2O5. The summed E-state index contributed by atoms with van der Waals surface area (Å²) in [4.78, 5) is 43.2. The summed E-state index contributed by atoms with van der Waals surface area (Å²) >= 11 is 0. The Labute approximate surface area is 135 Å². The summed E-state index contributed by atoms with van der Waals surface area (Å²) in [6.07, 6.45) is 2.59. The van der Waals surface area contributed by atoms with Crippen LogP contribution in [0.1, 0.15) is 46.5 Å². The molecule has 3 aliphatic rings. The van der Waals surface area contributed by atoms with Crippen LogP contribution >= 0.6 is 0 Å². The molecule has 2 aliphatic heterocycles. The third-order valence-corrected chi connectivity index (χ3v) is 6.25. The first-order chi connectivity index (χ1) is 10.7. The fourth-order valence-corrected chi connectivity index (χ4v) is 4.04. The Balaban J connectivity index is 1.56. The molecule has 0 aromatic heterocycles. The highest BCUT2D eigenvalue weighted by Crippen LogP contribution is 2.65. The molecule has 23 heavy (non-hydrogen) atoms. The number of ether oxygens (including phenoxy) is 1. The summed E-state index contributed by atoms with van der Waals surface area (Å²) < 4.78 is 5.48. The first-order valence-electron chi connectivity index (χ1n) is 8.18. The van der Waals surface area contributed by atoms with Gasteiger partial charge in [0.1, 0.15) is 0 Å². The number of fused-ring (bicyclic) bond motifs is 2. The molecule has 3 rings (SSSR count). The van der Waals surface area contributed by atoms with Gasteiger partial charge < -0.3 is 9.64 Å². The molecule has 0 unspecified atom stereocenters. The van der Waals surface area contributed by atoms with Gasteiger partial charge in [0.05, 0.1) is 12.0 Å². The van der Waals surface area contributed by atoms with Crippen molar-refractivity contribution in [2.75, 3.05) is 19.7 Å². The van der Waals surface area contributed by atoms with Crippen LogP contribution in [-0.4, -0.2) is 48.0 Å². The van der Waals surface area contributed by atoms with E-state index in [0.29, 0.717) is 25.8 Å². The van der Waals surface area contributed by atoms with Gasteiger partial charge in [-0.2, -0.15) is 0 Å². The highest BCUT2D eigenvalue weighted by molar-refractivity contribution is 5.95. The van der Waals surface area contributed by atoms with Gasteiger partial charge in [0.25, 0.3) is 5.91 Å². The topological polar surface area (TPSA) is 84.9 Å². The number of amides is 2. The molecule has 2 atom stereocenters. The van der Waals surface area contributed by atoms with E-state index < -0.39 is 22.3 Å². The summed E-state index contributed by atoms with van der Waals surface area (Å²) in [5.74, 6) is -0.604. The van der Waals surface area contributed by atoms with Gasteiger partial charge in [-0.05, 0) is 26.2 Å². The van der Waals surface area contributed by atoms with E-state index >= 15 is 0 Å². The van der Waals surface area contributed by atoms with Crippen LogP contribution in [-0.2, 0) is 24.0 Å². The molecule has 2 bridgehead atoms. The van der Waals surface area contributed by atoms with Crippen molar-refractivity contribution in [2.24, 2.45) is 10.8 Å². The lowest BCUT2D eigenvalue weighted by atomic mass is 9.66. The Morgan fingerprint density at radius 1 is 1.30 bits per heavy atom. The number of rotatable bonds is 5. The number of likely N-dealkylation sites (tertiary alicyclic amines) is 1. The Bertz CT molecular complexity index is 561. The minimum Gasteiger partial charge on any atom is -0.448 e. The lowest BCUT2D eigenvalue weighted by molar-refractivity contribution is -0.174. The molecule has 3 fully saturated rings. The maximum absolute atomic E-state index is 12.6. The van der Waals surface area contributed by atoms with Gasteiger partial charge in [-0.1, -0.05) is 13.8 Å². The van der Waals surface area contributed by atoms with Crippen molar-refractivity contribution in [1.29, 1.82) is 0 Å². The normalized spacial score (nSPS) is 34.8. The number of nitrogens with one attached hydrogen (secondary N) is 1. The van der Waals surface area contributed by atoms with Crippen LogP contribution in [0.25, 0.3) is 0 Å². The standard InChI is InChI=1S/C16H24N2O5/c1-14(2)15(3)6-7-16(14,23-13(15)21)12(20)17-22-10-9-18-8-4-5-11(18)19/h4-10H2,1-3H3,(H,17,20)/t15-,16+/m0/s1. The van der Waals surface area contributed by atoms with Crippen molar-refractivity contribution in [3.05, 3.63) is 0 Å². The lowest BCUT2D eigenvalue weighted by Crippen LogP contribution is -2.53. The molecule has 1 N–H and O–H groups in total. The molecule has 2 heterocycles. The monoisotopic (exact) mass is 324 g/mol. The van der Waals surface area contributed by atoms with E-state index in [1.807, 2.05) is 20.8 Å². The zero-order valence-electron chi connectivity index (χ0n) is 13.9. The van der Waals surface area contributed by atoms with E-state index in [1.54, 1.807) is 4.90 Å². The number of carbonyl (C=O) groups is 3. The third kappa shape index (κ3) is 2.09. The largest absolute Gasteiger partial charge is 0.448 e. The average molecular weight is 324 g/mol. The number of nitrogens with zero attached hydrogens (tertiary/aromatic N) is 1. The summed E-state index contributed by atoms with van der Waals surface area (Å²) in [5, 5.41) is 0. The quantitative estimate of drug-likeness (QED) is 0.459. The second-order valence-electron chi connectivity index (χ2n) is 7.44. The number of esters is 1. The second kappa shape index (κ2) is 5.19. The van der Waals surface area contributed by atoms with Crippen LogP contribution in [0.4, 0.5) is 0 Å². The summed E-state index contributed by atoms with van der Waals surface area (Å²) in [6.45, 7) is 7.06. The molecule has 1 saturated carbocycles. The summed E-state index contributed by atoms with van der Waals surface area (Å²) in [5.41, 5.74) is 0.0362. The Hall–Kier alpha value is -1.63. The van der Waals surface area contributed by atoms with Gasteiger partial charge >= 0.3 is 5.97 Å². The fraction of sp³-hybridized carbons (Fsp3) is 0.812. The van der Waals surface area contributed by atoms with Gasteiger partial charge in [0, 0.05) is 24.9 Å². The fourth-order valence-electron chi connectivity index (χ4n) is 4.04.